The van der Waals surface area contributed by atoms with Crippen LogP contribution in [0.3, 0.4) is 0 Å². The third-order valence-corrected chi connectivity index (χ3v) is 6.46. The fraction of sp³-hybridized carbons (Fsp3) is 0.409. The summed E-state index contributed by atoms with van der Waals surface area (Å²) in [5.74, 6) is 0.440. The van der Waals surface area contributed by atoms with Gasteiger partial charge in [0.25, 0.3) is 0 Å². The van der Waals surface area contributed by atoms with Crippen LogP contribution < -0.4 is 15.5 Å². The summed E-state index contributed by atoms with van der Waals surface area (Å²) in [6.07, 6.45) is 5.25. The highest BCUT2D eigenvalue weighted by Crippen LogP contribution is 2.38. The number of carbonyl (C=O) groups excluding carboxylic acids is 1. The molecular weight excluding hydrogens is 433 g/mol. The first-order valence-corrected chi connectivity index (χ1v) is 11.2. The maximum Gasteiger partial charge on any atom is 0.322 e. The number of rotatable bonds is 3. The number of urea groups is 1. The first kappa shape index (κ1) is 21.0. The van der Waals surface area contributed by atoms with E-state index in [4.69, 9.17) is 16.6 Å². The van der Waals surface area contributed by atoms with Gasteiger partial charge >= 0.3 is 6.03 Å². The molecule has 1 aromatic carbocycles. The number of halogens is 2. The minimum Gasteiger partial charge on any atom is -0.349 e. The van der Waals surface area contributed by atoms with Crippen LogP contribution in [-0.2, 0) is 0 Å². The lowest BCUT2D eigenvalue weighted by Gasteiger charge is -2.31. The first-order chi connectivity index (χ1) is 15.5. The predicted octanol–water partition coefficient (Wildman–Crippen LogP) is 3.69. The Hall–Kier alpha value is -2.91. The highest BCUT2D eigenvalue weighted by Gasteiger charge is 2.30. The molecule has 10 heteroatoms. The van der Waals surface area contributed by atoms with E-state index in [1.807, 2.05) is 12.3 Å². The largest absolute Gasteiger partial charge is 0.349 e. The molecule has 3 aromatic rings. The Morgan fingerprint density at radius 1 is 1.31 bits per heavy atom. The summed E-state index contributed by atoms with van der Waals surface area (Å²) in [7, 11) is 0. The van der Waals surface area contributed by atoms with Gasteiger partial charge in [0.15, 0.2) is 5.65 Å². The van der Waals surface area contributed by atoms with Gasteiger partial charge in [-0.25, -0.2) is 18.7 Å². The van der Waals surface area contributed by atoms with E-state index in [0.29, 0.717) is 29.4 Å². The summed E-state index contributed by atoms with van der Waals surface area (Å²) >= 11 is 6.39. The Bertz CT molecular complexity index is 1150. The number of piperazine rings is 1. The average Bonchev–Trinajstić information content (AvgIpc) is 3.42. The zero-order valence-electron chi connectivity index (χ0n) is 17.8. The van der Waals surface area contributed by atoms with E-state index in [0.717, 1.165) is 37.3 Å². The Morgan fingerprint density at radius 3 is 3.03 bits per heavy atom. The number of anilines is 2. The molecule has 0 radical (unpaired) electrons. The van der Waals surface area contributed by atoms with E-state index in [1.54, 1.807) is 21.7 Å². The summed E-state index contributed by atoms with van der Waals surface area (Å²) in [4.78, 5) is 21.5. The van der Waals surface area contributed by atoms with E-state index in [1.165, 1.54) is 12.1 Å². The summed E-state index contributed by atoms with van der Waals surface area (Å²) in [5, 5.41) is 11.2. The molecule has 2 atom stereocenters. The van der Waals surface area contributed by atoms with E-state index in [9.17, 15) is 9.18 Å². The third-order valence-electron chi connectivity index (χ3n) is 6.12. The Labute approximate surface area is 190 Å². The van der Waals surface area contributed by atoms with Crippen molar-refractivity contribution in [1.82, 2.24) is 24.8 Å². The monoisotopic (exact) mass is 457 g/mol. The van der Waals surface area contributed by atoms with Crippen molar-refractivity contribution in [3.05, 3.63) is 53.1 Å². The van der Waals surface area contributed by atoms with Gasteiger partial charge in [0.2, 0.25) is 0 Å². The number of benzene rings is 1. The van der Waals surface area contributed by atoms with Crippen LogP contribution in [0.25, 0.3) is 5.65 Å². The highest BCUT2D eigenvalue weighted by atomic mass is 35.5. The molecule has 2 aromatic heterocycles. The van der Waals surface area contributed by atoms with Gasteiger partial charge in [0, 0.05) is 43.4 Å². The van der Waals surface area contributed by atoms with Gasteiger partial charge in [-0.05, 0) is 49.6 Å². The van der Waals surface area contributed by atoms with Crippen LogP contribution in [0.2, 0.25) is 5.02 Å². The molecule has 2 aliphatic rings. The number of carbonyl (C=O) groups is 1. The molecule has 4 heterocycles. The quantitative estimate of drug-likeness (QED) is 0.627. The van der Waals surface area contributed by atoms with Crippen molar-refractivity contribution in [2.24, 2.45) is 0 Å². The van der Waals surface area contributed by atoms with E-state index < -0.39 is 0 Å². The van der Waals surface area contributed by atoms with Crippen LogP contribution in [0, 0.1) is 5.82 Å². The molecule has 5 rings (SSSR count). The highest BCUT2D eigenvalue weighted by molar-refractivity contribution is 6.31. The molecule has 0 aliphatic carbocycles. The van der Waals surface area contributed by atoms with Crippen LogP contribution in [-0.4, -0.2) is 57.7 Å². The van der Waals surface area contributed by atoms with Crippen LogP contribution in [0.4, 0.5) is 20.7 Å². The fourth-order valence-electron chi connectivity index (χ4n) is 4.55. The van der Waals surface area contributed by atoms with E-state index in [2.05, 4.69) is 27.6 Å². The van der Waals surface area contributed by atoms with Crippen molar-refractivity contribution in [3.63, 3.8) is 0 Å². The molecule has 168 valence electrons. The molecule has 2 N–H and O–H groups in total. The smallest absolute Gasteiger partial charge is 0.322 e. The van der Waals surface area contributed by atoms with Crippen molar-refractivity contribution in [2.45, 2.75) is 31.8 Å². The molecule has 32 heavy (non-hydrogen) atoms. The number of nitrogens with zero attached hydrogens (tertiary/aromatic N) is 5. The lowest BCUT2D eigenvalue weighted by Crippen LogP contribution is -2.52. The second kappa shape index (κ2) is 8.55. The van der Waals surface area contributed by atoms with Crippen LogP contribution >= 0.6 is 11.6 Å². The van der Waals surface area contributed by atoms with Gasteiger partial charge in [0.05, 0.1) is 12.2 Å². The number of fused-ring (bicyclic) bond motifs is 1. The Balaban J connectivity index is 1.42. The van der Waals surface area contributed by atoms with Crippen LogP contribution in [0.1, 0.15) is 31.4 Å². The number of hydrogen-bond donors (Lipinski definition) is 2. The first-order valence-electron chi connectivity index (χ1n) is 10.8. The maximum absolute atomic E-state index is 13.9. The molecule has 2 fully saturated rings. The number of aromatic nitrogens is 3. The summed E-state index contributed by atoms with van der Waals surface area (Å²) < 4.78 is 15.5. The zero-order chi connectivity index (χ0) is 22.2. The number of hydrogen-bond acceptors (Lipinski definition) is 5. The van der Waals surface area contributed by atoms with Crippen molar-refractivity contribution in [3.8, 4) is 0 Å². The normalized spacial score (nSPS) is 21.3. The Morgan fingerprint density at radius 2 is 2.19 bits per heavy atom. The summed E-state index contributed by atoms with van der Waals surface area (Å²) in [6.45, 7) is 4.91. The fourth-order valence-corrected chi connectivity index (χ4v) is 4.80. The van der Waals surface area contributed by atoms with Gasteiger partial charge in [-0.15, -0.1) is 0 Å². The summed E-state index contributed by atoms with van der Waals surface area (Å²) in [5.41, 5.74) is 1.89. The van der Waals surface area contributed by atoms with Gasteiger partial charge < -0.3 is 20.4 Å². The van der Waals surface area contributed by atoms with Crippen molar-refractivity contribution >= 4 is 34.8 Å². The predicted molar refractivity (Wildman–Crippen MR) is 122 cm³/mol. The van der Waals surface area contributed by atoms with Crippen LogP contribution in [0.15, 0.2) is 36.7 Å². The molecular formula is C22H25ClFN7O. The third kappa shape index (κ3) is 3.98. The van der Waals surface area contributed by atoms with Gasteiger partial charge in [-0.2, -0.15) is 5.10 Å². The van der Waals surface area contributed by atoms with Crippen LogP contribution in [0.5, 0.6) is 0 Å². The standard InChI is InChI=1S/C22H25ClFN7O/c1-14-13-29(10-7-25-14)22(32)27-18-12-26-31-9-6-20(28-21(18)31)30-8-2-3-19(30)16-11-15(24)4-5-17(16)23/h4-6,9,11-12,14,19,25H,2-3,7-8,10,13H2,1H3,(H,27,32)/t14?,19-/m1/s1. The molecule has 0 bridgehead atoms. The van der Waals surface area contributed by atoms with Gasteiger partial charge in [-0.3, -0.25) is 0 Å². The lowest BCUT2D eigenvalue weighted by molar-refractivity contribution is 0.192. The summed E-state index contributed by atoms with van der Waals surface area (Å²) in [6, 6.07) is 6.39. The molecule has 0 spiro atoms. The van der Waals surface area contributed by atoms with Crippen molar-refractivity contribution < 1.29 is 9.18 Å². The zero-order valence-corrected chi connectivity index (χ0v) is 18.5. The van der Waals surface area contributed by atoms with Gasteiger partial charge in [-0.1, -0.05) is 11.6 Å². The minimum absolute atomic E-state index is 0.0588. The SMILES string of the molecule is CC1CN(C(=O)Nc2cnn3ccc(N4CCC[C@@H]4c4cc(F)ccc4Cl)nc23)CCN1. The number of nitrogens with one attached hydrogen (secondary N) is 2. The molecule has 2 aliphatic heterocycles. The molecule has 1 unspecified atom stereocenters. The van der Waals surface area contributed by atoms with E-state index in [-0.39, 0.29) is 23.9 Å². The maximum atomic E-state index is 13.9. The van der Waals surface area contributed by atoms with Crippen molar-refractivity contribution in [2.75, 3.05) is 36.4 Å². The second-order valence-corrected chi connectivity index (χ2v) is 8.77. The average molecular weight is 458 g/mol. The lowest BCUT2D eigenvalue weighted by atomic mass is 10.0. The molecule has 8 nitrogen and oxygen atoms in total. The second-order valence-electron chi connectivity index (χ2n) is 8.36. The number of amides is 2. The molecule has 2 saturated heterocycles. The van der Waals surface area contributed by atoms with E-state index >= 15 is 0 Å². The minimum atomic E-state index is -0.303. The van der Waals surface area contributed by atoms with Gasteiger partial charge in [0.1, 0.15) is 17.3 Å². The Kier molecular flexibility index (Phi) is 5.60. The molecule has 0 saturated carbocycles. The van der Waals surface area contributed by atoms with Crippen molar-refractivity contribution in [1.29, 1.82) is 0 Å². The topological polar surface area (TPSA) is 77.8 Å². The molecule has 2 amide bonds.